The number of carbonyl (C=O) groups is 1. The normalized spacial score (nSPS) is 14.5. The molecular weight excluding hydrogens is 331 g/mol. The van der Waals surface area contributed by atoms with E-state index in [-0.39, 0.29) is 10.9 Å². The minimum absolute atomic E-state index is 0.145. The second-order valence-corrected chi connectivity index (χ2v) is 6.20. The lowest BCUT2D eigenvalue weighted by molar-refractivity contribution is 0.102. The summed E-state index contributed by atoms with van der Waals surface area (Å²) < 4.78 is 13.1. The fourth-order valence-corrected chi connectivity index (χ4v) is 2.92. The van der Waals surface area contributed by atoms with Crippen molar-refractivity contribution >= 4 is 29.1 Å². The molecule has 0 unspecified atom stereocenters. The quantitative estimate of drug-likeness (QED) is 0.916. The Balaban J connectivity index is 1.77. The molecule has 1 aliphatic rings. The van der Waals surface area contributed by atoms with Gasteiger partial charge >= 0.3 is 0 Å². The Hall–Kier alpha value is -2.21. The Bertz CT molecular complexity index is 762. The van der Waals surface area contributed by atoms with E-state index in [1.807, 2.05) is 0 Å². The zero-order valence-electron chi connectivity index (χ0n) is 13.4. The number of hydrogen-bond donors (Lipinski definition) is 1. The second-order valence-electron chi connectivity index (χ2n) is 5.80. The van der Waals surface area contributed by atoms with Crippen LogP contribution in [0.3, 0.4) is 0 Å². The van der Waals surface area contributed by atoms with Crippen molar-refractivity contribution in [2.24, 2.45) is 0 Å². The third-order valence-electron chi connectivity index (χ3n) is 4.03. The number of halogens is 2. The molecule has 126 valence electrons. The molecule has 5 nitrogen and oxygen atoms in total. The zero-order valence-corrected chi connectivity index (χ0v) is 14.1. The van der Waals surface area contributed by atoms with Crippen molar-refractivity contribution in [1.29, 1.82) is 0 Å². The maximum absolute atomic E-state index is 13.1. The molecule has 1 saturated heterocycles. The summed E-state index contributed by atoms with van der Waals surface area (Å²) in [6.07, 6.45) is 5.02. The zero-order chi connectivity index (χ0) is 17.1. The number of piperidine rings is 1. The van der Waals surface area contributed by atoms with Gasteiger partial charge < -0.3 is 10.2 Å². The Kier molecular flexibility index (Phi) is 4.94. The van der Waals surface area contributed by atoms with Crippen LogP contribution in [0.15, 0.2) is 24.4 Å². The molecule has 0 atom stereocenters. The van der Waals surface area contributed by atoms with Crippen LogP contribution >= 0.6 is 11.6 Å². The van der Waals surface area contributed by atoms with E-state index in [0.29, 0.717) is 22.9 Å². The summed E-state index contributed by atoms with van der Waals surface area (Å²) in [6.45, 7) is 3.66. The predicted octanol–water partition coefficient (Wildman–Crippen LogP) is 3.82. The van der Waals surface area contributed by atoms with Gasteiger partial charge in [-0.1, -0.05) is 11.6 Å². The lowest BCUT2D eigenvalue weighted by Gasteiger charge is -2.26. The van der Waals surface area contributed by atoms with Crippen LogP contribution in [-0.2, 0) is 0 Å². The third-order valence-corrected chi connectivity index (χ3v) is 4.34. The first-order valence-corrected chi connectivity index (χ1v) is 8.27. The molecule has 0 saturated carbocycles. The highest BCUT2D eigenvalue weighted by Gasteiger charge is 2.17. The van der Waals surface area contributed by atoms with Crippen LogP contribution in [0, 0.1) is 12.7 Å². The molecular formula is C17H18ClFN4O. The van der Waals surface area contributed by atoms with E-state index in [0.717, 1.165) is 32.0 Å². The van der Waals surface area contributed by atoms with Crippen molar-refractivity contribution in [3.63, 3.8) is 0 Å². The molecule has 1 aromatic carbocycles. The highest BCUT2D eigenvalue weighted by Crippen LogP contribution is 2.23. The van der Waals surface area contributed by atoms with Gasteiger partial charge in [0.05, 0.1) is 22.0 Å². The van der Waals surface area contributed by atoms with Crippen molar-refractivity contribution in [1.82, 2.24) is 9.97 Å². The standard InChI is InChI=1S/C17H18ClFN4O/c1-11-13(10-20-17(21-11)23-7-3-2-4-8-23)16(24)22-15-6-5-12(19)9-14(15)18/h5-6,9-10H,2-4,7-8H2,1H3,(H,22,24). The summed E-state index contributed by atoms with van der Waals surface area (Å²) in [7, 11) is 0. The summed E-state index contributed by atoms with van der Waals surface area (Å²) in [5, 5.41) is 2.81. The number of aryl methyl sites for hydroxylation is 1. The predicted molar refractivity (Wildman–Crippen MR) is 92.2 cm³/mol. The van der Waals surface area contributed by atoms with Gasteiger partial charge in [-0.25, -0.2) is 14.4 Å². The van der Waals surface area contributed by atoms with Crippen molar-refractivity contribution in [3.8, 4) is 0 Å². The molecule has 0 aliphatic carbocycles. The highest BCUT2D eigenvalue weighted by molar-refractivity contribution is 6.33. The average molecular weight is 349 g/mol. The van der Waals surface area contributed by atoms with Gasteiger partial charge in [0.1, 0.15) is 5.82 Å². The van der Waals surface area contributed by atoms with Gasteiger partial charge in [0, 0.05) is 19.3 Å². The SMILES string of the molecule is Cc1nc(N2CCCCC2)ncc1C(=O)Nc1ccc(F)cc1Cl. The van der Waals surface area contributed by atoms with Crippen LogP contribution in [0.1, 0.15) is 35.3 Å². The van der Waals surface area contributed by atoms with Crippen LogP contribution in [-0.4, -0.2) is 29.0 Å². The maximum Gasteiger partial charge on any atom is 0.259 e. The minimum atomic E-state index is -0.455. The van der Waals surface area contributed by atoms with E-state index < -0.39 is 5.82 Å². The lowest BCUT2D eigenvalue weighted by atomic mass is 10.1. The topological polar surface area (TPSA) is 58.1 Å². The molecule has 1 fully saturated rings. The Morgan fingerprint density at radius 3 is 2.71 bits per heavy atom. The number of aromatic nitrogens is 2. The summed E-state index contributed by atoms with van der Waals surface area (Å²) in [6, 6.07) is 3.82. The van der Waals surface area contributed by atoms with Crippen molar-refractivity contribution < 1.29 is 9.18 Å². The first-order chi connectivity index (χ1) is 11.5. The fraction of sp³-hybridized carbons (Fsp3) is 0.353. The van der Waals surface area contributed by atoms with E-state index in [2.05, 4.69) is 20.2 Å². The van der Waals surface area contributed by atoms with Crippen LogP contribution in [0.25, 0.3) is 0 Å². The van der Waals surface area contributed by atoms with Crippen molar-refractivity contribution in [2.75, 3.05) is 23.3 Å². The van der Waals surface area contributed by atoms with Gasteiger partial charge in [0.2, 0.25) is 5.95 Å². The molecule has 1 amide bonds. The van der Waals surface area contributed by atoms with Crippen LogP contribution in [0.4, 0.5) is 16.0 Å². The number of nitrogens with zero attached hydrogens (tertiary/aromatic N) is 3. The van der Waals surface area contributed by atoms with E-state index in [9.17, 15) is 9.18 Å². The molecule has 7 heteroatoms. The van der Waals surface area contributed by atoms with Gasteiger partial charge in [-0.05, 0) is 44.4 Å². The first-order valence-electron chi connectivity index (χ1n) is 7.89. The molecule has 24 heavy (non-hydrogen) atoms. The van der Waals surface area contributed by atoms with Gasteiger partial charge in [0.15, 0.2) is 0 Å². The number of rotatable bonds is 3. The van der Waals surface area contributed by atoms with E-state index >= 15 is 0 Å². The number of nitrogens with one attached hydrogen (secondary N) is 1. The molecule has 1 N–H and O–H groups in total. The van der Waals surface area contributed by atoms with E-state index in [4.69, 9.17) is 11.6 Å². The van der Waals surface area contributed by atoms with Crippen LogP contribution in [0.5, 0.6) is 0 Å². The summed E-state index contributed by atoms with van der Waals surface area (Å²) in [5.74, 6) is -0.168. The summed E-state index contributed by atoms with van der Waals surface area (Å²) in [5.41, 5.74) is 1.32. The van der Waals surface area contributed by atoms with Crippen molar-refractivity contribution in [3.05, 3.63) is 46.5 Å². The van der Waals surface area contributed by atoms with Gasteiger partial charge in [0.25, 0.3) is 5.91 Å². The number of hydrogen-bond acceptors (Lipinski definition) is 4. The Morgan fingerprint density at radius 1 is 1.29 bits per heavy atom. The highest BCUT2D eigenvalue weighted by atomic mass is 35.5. The minimum Gasteiger partial charge on any atom is -0.341 e. The van der Waals surface area contributed by atoms with Crippen LogP contribution < -0.4 is 10.2 Å². The number of carbonyl (C=O) groups excluding carboxylic acids is 1. The van der Waals surface area contributed by atoms with Gasteiger partial charge in [-0.15, -0.1) is 0 Å². The monoisotopic (exact) mass is 348 g/mol. The maximum atomic E-state index is 13.1. The second kappa shape index (κ2) is 7.13. The average Bonchev–Trinajstić information content (AvgIpc) is 2.58. The molecule has 0 bridgehead atoms. The van der Waals surface area contributed by atoms with Gasteiger partial charge in [-0.2, -0.15) is 0 Å². The smallest absolute Gasteiger partial charge is 0.259 e. The molecule has 2 aromatic rings. The molecule has 0 radical (unpaired) electrons. The largest absolute Gasteiger partial charge is 0.341 e. The van der Waals surface area contributed by atoms with E-state index in [1.165, 1.54) is 24.8 Å². The van der Waals surface area contributed by atoms with Gasteiger partial charge in [-0.3, -0.25) is 4.79 Å². The fourth-order valence-electron chi connectivity index (χ4n) is 2.70. The van der Waals surface area contributed by atoms with Crippen LogP contribution in [0.2, 0.25) is 5.02 Å². The number of anilines is 2. The summed E-state index contributed by atoms with van der Waals surface area (Å²) in [4.78, 5) is 23.3. The summed E-state index contributed by atoms with van der Waals surface area (Å²) >= 11 is 5.93. The Labute approximate surface area is 144 Å². The molecule has 2 heterocycles. The van der Waals surface area contributed by atoms with Crippen molar-refractivity contribution in [2.45, 2.75) is 26.2 Å². The number of amides is 1. The molecule has 0 spiro atoms. The third kappa shape index (κ3) is 3.64. The molecule has 1 aliphatic heterocycles. The van der Waals surface area contributed by atoms with E-state index in [1.54, 1.807) is 6.92 Å². The number of benzene rings is 1. The molecule has 3 rings (SSSR count). The molecule has 1 aromatic heterocycles. The lowest BCUT2D eigenvalue weighted by Crippen LogP contribution is -2.31. The Morgan fingerprint density at radius 2 is 2.04 bits per heavy atom. The first kappa shape index (κ1) is 16.6.